The van der Waals surface area contributed by atoms with Gasteiger partial charge in [0.25, 0.3) is 5.91 Å². The second-order valence-corrected chi connectivity index (χ2v) is 7.58. The highest BCUT2D eigenvalue weighted by molar-refractivity contribution is 6.31. The fourth-order valence-electron chi connectivity index (χ4n) is 2.29. The Bertz CT molecular complexity index is 813. The van der Waals surface area contributed by atoms with Gasteiger partial charge < -0.3 is 16.0 Å². The van der Waals surface area contributed by atoms with Gasteiger partial charge in [-0.25, -0.2) is 0 Å². The van der Waals surface area contributed by atoms with Crippen LogP contribution < -0.4 is 16.0 Å². The van der Waals surface area contributed by atoms with Crippen LogP contribution in [0.4, 0.5) is 11.4 Å². The SMILES string of the molecule is Cc1ccc(Cl)cc1NC(=O)CNc1cccc(C(=O)NC(C)(C)C)c1. The molecule has 0 atom stereocenters. The summed E-state index contributed by atoms with van der Waals surface area (Å²) in [5.74, 6) is -0.347. The molecule has 0 heterocycles. The first-order chi connectivity index (χ1) is 12.1. The number of rotatable bonds is 5. The van der Waals surface area contributed by atoms with Crippen LogP contribution in [0, 0.1) is 6.92 Å². The van der Waals surface area contributed by atoms with Crippen LogP contribution in [-0.4, -0.2) is 23.9 Å². The molecule has 2 rings (SSSR count). The molecule has 0 aliphatic heterocycles. The van der Waals surface area contributed by atoms with Gasteiger partial charge in [0.05, 0.1) is 6.54 Å². The van der Waals surface area contributed by atoms with Gasteiger partial charge in [0.2, 0.25) is 5.91 Å². The van der Waals surface area contributed by atoms with E-state index in [1.54, 1.807) is 30.3 Å². The standard InChI is InChI=1S/C20H24ClN3O2/c1-13-8-9-15(21)11-17(13)23-18(25)12-22-16-7-5-6-14(10-16)19(26)24-20(2,3)4/h5-11,22H,12H2,1-4H3,(H,23,25)(H,24,26). The Kier molecular flexibility index (Phi) is 6.27. The molecule has 0 radical (unpaired) electrons. The highest BCUT2D eigenvalue weighted by Crippen LogP contribution is 2.20. The van der Waals surface area contributed by atoms with E-state index in [0.717, 1.165) is 5.56 Å². The number of hydrogen-bond acceptors (Lipinski definition) is 3. The summed E-state index contributed by atoms with van der Waals surface area (Å²) in [6, 6.07) is 12.4. The number of hydrogen-bond donors (Lipinski definition) is 3. The lowest BCUT2D eigenvalue weighted by Crippen LogP contribution is -2.40. The number of carbonyl (C=O) groups excluding carboxylic acids is 2. The van der Waals surface area contributed by atoms with Crippen molar-refractivity contribution >= 4 is 34.8 Å². The number of amides is 2. The van der Waals surface area contributed by atoms with E-state index in [2.05, 4.69) is 16.0 Å². The maximum Gasteiger partial charge on any atom is 0.251 e. The molecule has 2 amide bonds. The maximum absolute atomic E-state index is 12.2. The quantitative estimate of drug-likeness (QED) is 0.734. The Labute approximate surface area is 159 Å². The summed E-state index contributed by atoms with van der Waals surface area (Å²) < 4.78 is 0. The molecule has 3 N–H and O–H groups in total. The van der Waals surface area contributed by atoms with E-state index >= 15 is 0 Å². The molecule has 0 saturated carbocycles. The fraction of sp³-hybridized carbons (Fsp3) is 0.300. The largest absolute Gasteiger partial charge is 0.376 e. The van der Waals surface area contributed by atoms with Gasteiger partial charge in [-0.1, -0.05) is 23.7 Å². The van der Waals surface area contributed by atoms with Crippen LogP contribution in [0.3, 0.4) is 0 Å². The van der Waals surface area contributed by atoms with E-state index in [1.807, 2.05) is 39.8 Å². The molecule has 0 aliphatic rings. The lowest BCUT2D eigenvalue weighted by molar-refractivity contribution is -0.114. The van der Waals surface area contributed by atoms with Crippen LogP contribution in [0.1, 0.15) is 36.7 Å². The third-order valence-electron chi connectivity index (χ3n) is 3.54. The summed E-state index contributed by atoms with van der Waals surface area (Å²) in [6.45, 7) is 7.76. The Morgan fingerprint density at radius 1 is 1.08 bits per heavy atom. The molecule has 26 heavy (non-hydrogen) atoms. The van der Waals surface area contributed by atoms with Gasteiger partial charge in [-0.05, 0) is 63.6 Å². The van der Waals surface area contributed by atoms with Crippen LogP contribution in [0.2, 0.25) is 5.02 Å². The van der Waals surface area contributed by atoms with Crippen molar-refractivity contribution in [1.29, 1.82) is 0 Å². The van der Waals surface area contributed by atoms with Gasteiger partial charge in [0.1, 0.15) is 0 Å². The second kappa shape index (κ2) is 8.23. The van der Waals surface area contributed by atoms with Crippen molar-refractivity contribution in [1.82, 2.24) is 5.32 Å². The summed E-state index contributed by atoms with van der Waals surface area (Å²) in [5, 5.41) is 9.34. The summed E-state index contributed by atoms with van der Waals surface area (Å²) in [6.07, 6.45) is 0. The van der Waals surface area contributed by atoms with E-state index in [-0.39, 0.29) is 23.9 Å². The highest BCUT2D eigenvalue weighted by atomic mass is 35.5. The minimum Gasteiger partial charge on any atom is -0.376 e. The highest BCUT2D eigenvalue weighted by Gasteiger charge is 2.15. The Morgan fingerprint density at radius 2 is 1.81 bits per heavy atom. The van der Waals surface area contributed by atoms with Crippen molar-refractivity contribution < 1.29 is 9.59 Å². The minimum absolute atomic E-state index is 0.0797. The Morgan fingerprint density at radius 3 is 2.50 bits per heavy atom. The first kappa shape index (κ1) is 19.8. The van der Waals surface area contributed by atoms with Crippen LogP contribution in [0.15, 0.2) is 42.5 Å². The summed E-state index contributed by atoms with van der Waals surface area (Å²) in [5.41, 5.74) is 2.54. The summed E-state index contributed by atoms with van der Waals surface area (Å²) in [7, 11) is 0. The molecule has 5 nitrogen and oxygen atoms in total. The average Bonchev–Trinajstić information content (AvgIpc) is 2.55. The van der Waals surface area contributed by atoms with E-state index in [1.165, 1.54) is 0 Å². The molecular formula is C20H24ClN3O2. The lowest BCUT2D eigenvalue weighted by atomic mass is 10.1. The average molecular weight is 374 g/mol. The molecule has 0 saturated heterocycles. The van der Waals surface area contributed by atoms with Crippen molar-refractivity contribution in [2.75, 3.05) is 17.2 Å². The van der Waals surface area contributed by atoms with Gasteiger partial charge in [0, 0.05) is 27.5 Å². The van der Waals surface area contributed by atoms with Crippen LogP contribution >= 0.6 is 11.6 Å². The van der Waals surface area contributed by atoms with Crippen LogP contribution in [0.25, 0.3) is 0 Å². The monoisotopic (exact) mass is 373 g/mol. The maximum atomic E-state index is 12.2. The van der Waals surface area contributed by atoms with E-state index < -0.39 is 0 Å². The molecule has 0 fully saturated rings. The van der Waals surface area contributed by atoms with Crippen molar-refractivity contribution in [3.63, 3.8) is 0 Å². The van der Waals surface area contributed by atoms with E-state index in [4.69, 9.17) is 11.6 Å². The van der Waals surface area contributed by atoms with Crippen molar-refractivity contribution in [2.24, 2.45) is 0 Å². The smallest absolute Gasteiger partial charge is 0.251 e. The van der Waals surface area contributed by atoms with Gasteiger partial charge >= 0.3 is 0 Å². The number of halogens is 1. The zero-order valence-corrected chi connectivity index (χ0v) is 16.2. The van der Waals surface area contributed by atoms with Gasteiger partial charge in [-0.3, -0.25) is 9.59 Å². The first-order valence-corrected chi connectivity index (χ1v) is 8.74. The number of aryl methyl sites for hydroxylation is 1. The number of anilines is 2. The zero-order valence-electron chi connectivity index (χ0n) is 15.4. The lowest BCUT2D eigenvalue weighted by Gasteiger charge is -2.20. The molecule has 0 spiro atoms. The molecule has 0 aromatic heterocycles. The van der Waals surface area contributed by atoms with Gasteiger partial charge in [-0.2, -0.15) is 0 Å². The molecule has 6 heteroatoms. The van der Waals surface area contributed by atoms with Gasteiger partial charge in [0.15, 0.2) is 0 Å². The second-order valence-electron chi connectivity index (χ2n) is 7.15. The minimum atomic E-state index is -0.310. The fourth-order valence-corrected chi connectivity index (χ4v) is 2.46. The third kappa shape index (κ3) is 6.08. The van der Waals surface area contributed by atoms with Crippen LogP contribution in [0.5, 0.6) is 0 Å². The predicted octanol–water partition coefficient (Wildman–Crippen LogP) is 4.23. The summed E-state index contributed by atoms with van der Waals surface area (Å²) in [4.78, 5) is 24.4. The summed E-state index contributed by atoms with van der Waals surface area (Å²) >= 11 is 5.96. The molecule has 0 unspecified atom stereocenters. The normalized spacial score (nSPS) is 11.0. The van der Waals surface area contributed by atoms with Crippen molar-refractivity contribution in [3.05, 3.63) is 58.6 Å². The van der Waals surface area contributed by atoms with E-state index in [9.17, 15) is 9.59 Å². The third-order valence-corrected chi connectivity index (χ3v) is 3.78. The molecule has 0 aliphatic carbocycles. The zero-order chi connectivity index (χ0) is 19.3. The number of benzene rings is 2. The topological polar surface area (TPSA) is 70.2 Å². The van der Waals surface area contributed by atoms with Gasteiger partial charge in [-0.15, -0.1) is 0 Å². The molecule has 2 aromatic carbocycles. The number of carbonyl (C=O) groups is 2. The first-order valence-electron chi connectivity index (χ1n) is 8.36. The van der Waals surface area contributed by atoms with Crippen molar-refractivity contribution in [3.8, 4) is 0 Å². The molecule has 138 valence electrons. The Hall–Kier alpha value is -2.53. The molecular weight excluding hydrogens is 350 g/mol. The predicted molar refractivity (Wildman–Crippen MR) is 107 cm³/mol. The van der Waals surface area contributed by atoms with Crippen molar-refractivity contribution in [2.45, 2.75) is 33.2 Å². The molecule has 0 bridgehead atoms. The number of nitrogens with one attached hydrogen (secondary N) is 3. The van der Waals surface area contributed by atoms with Crippen LogP contribution in [-0.2, 0) is 4.79 Å². The molecule has 2 aromatic rings. The van der Waals surface area contributed by atoms with E-state index in [0.29, 0.717) is 22.0 Å². The Balaban J connectivity index is 1.97.